The molecule has 5 heteroatoms. The van der Waals surface area contributed by atoms with Crippen molar-refractivity contribution in [2.24, 2.45) is 5.92 Å². The molecule has 22 heavy (non-hydrogen) atoms. The highest BCUT2D eigenvalue weighted by atomic mass is 16.5. The summed E-state index contributed by atoms with van der Waals surface area (Å²) in [5, 5.41) is 2.90. The SMILES string of the molecule is CCOC(=O)C(C(=O)NCCN(CC)CC)C1=CCCCC1. The van der Waals surface area contributed by atoms with Crippen molar-refractivity contribution in [1.29, 1.82) is 0 Å². The number of hydrogen-bond donors (Lipinski definition) is 1. The standard InChI is InChI=1S/C17H30N2O3/c1-4-19(5-2)13-12-18-16(20)15(17(21)22-6-3)14-10-8-7-9-11-14/h10,15H,4-9,11-13H2,1-3H3,(H,18,20). The highest BCUT2D eigenvalue weighted by molar-refractivity contribution is 6.00. The van der Waals surface area contributed by atoms with Gasteiger partial charge in [-0.15, -0.1) is 0 Å². The fourth-order valence-electron chi connectivity index (χ4n) is 2.76. The second kappa shape index (κ2) is 10.4. The van der Waals surface area contributed by atoms with Crippen molar-refractivity contribution in [2.45, 2.75) is 46.5 Å². The maximum Gasteiger partial charge on any atom is 0.322 e. The minimum absolute atomic E-state index is 0.223. The first kappa shape index (κ1) is 18.7. The van der Waals surface area contributed by atoms with E-state index in [-0.39, 0.29) is 5.91 Å². The van der Waals surface area contributed by atoms with Crippen LogP contribution in [0.15, 0.2) is 11.6 Å². The minimum Gasteiger partial charge on any atom is -0.465 e. The van der Waals surface area contributed by atoms with Gasteiger partial charge in [0, 0.05) is 13.1 Å². The maximum atomic E-state index is 12.4. The Balaban J connectivity index is 2.63. The highest BCUT2D eigenvalue weighted by Crippen LogP contribution is 2.25. The topological polar surface area (TPSA) is 58.6 Å². The van der Waals surface area contributed by atoms with Crippen molar-refractivity contribution in [3.63, 3.8) is 0 Å². The van der Waals surface area contributed by atoms with Gasteiger partial charge >= 0.3 is 5.97 Å². The molecule has 1 atom stereocenters. The largest absolute Gasteiger partial charge is 0.465 e. The van der Waals surface area contributed by atoms with E-state index in [9.17, 15) is 9.59 Å². The van der Waals surface area contributed by atoms with Crippen molar-refractivity contribution in [3.05, 3.63) is 11.6 Å². The van der Waals surface area contributed by atoms with E-state index in [1.165, 1.54) is 0 Å². The molecule has 1 rings (SSSR count). The Bertz CT molecular complexity index is 389. The number of ether oxygens (including phenoxy) is 1. The van der Waals surface area contributed by atoms with E-state index in [2.05, 4.69) is 24.1 Å². The Morgan fingerprint density at radius 1 is 1.27 bits per heavy atom. The Labute approximate surface area is 134 Å². The van der Waals surface area contributed by atoms with Gasteiger partial charge in [0.05, 0.1) is 6.61 Å². The molecule has 0 radical (unpaired) electrons. The maximum absolute atomic E-state index is 12.4. The molecule has 0 aromatic rings. The average Bonchev–Trinajstić information content (AvgIpc) is 2.53. The lowest BCUT2D eigenvalue weighted by Gasteiger charge is -2.22. The normalized spacial score (nSPS) is 16.1. The van der Waals surface area contributed by atoms with Gasteiger partial charge < -0.3 is 15.0 Å². The van der Waals surface area contributed by atoms with Gasteiger partial charge in [-0.3, -0.25) is 9.59 Å². The van der Waals surface area contributed by atoms with Crippen molar-refractivity contribution < 1.29 is 14.3 Å². The molecule has 0 aliphatic heterocycles. The van der Waals surface area contributed by atoms with Gasteiger partial charge in [0.2, 0.25) is 5.91 Å². The van der Waals surface area contributed by atoms with Gasteiger partial charge in [-0.25, -0.2) is 0 Å². The van der Waals surface area contributed by atoms with Crippen LogP contribution in [0.2, 0.25) is 0 Å². The summed E-state index contributed by atoms with van der Waals surface area (Å²) in [6, 6.07) is 0. The first-order valence-corrected chi connectivity index (χ1v) is 8.49. The van der Waals surface area contributed by atoms with E-state index in [1.807, 2.05) is 6.08 Å². The smallest absolute Gasteiger partial charge is 0.322 e. The summed E-state index contributed by atoms with van der Waals surface area (Å²) in [6.07, 6.45) is 5.96. The Hall–Kier alpha value is -1.36. The third-order valence-corrected chi connectivity index (χ3v) is 4.10. The van der Waals surface area contributed by atoms with Gasteiger partial charge in [-0.05, 0) is 45.7 Å². The Morgan fingerprint density at radius 3 is 2.55 bits per heavy atom. The summed E-state index contributed by atoms with van der Waals surface area (Å²) in [6.45, 7) is 9.53. The molecule has 0 fully saturated rings. The van der Waals surface area contributed by atoms with Crippen LogP contribution in [0.1, 0.15) is 46.5 Å². The molecule has 0 saturated heterocycles. The molecule has 0 saturated carbocycles. The summed E-state index contributed by atoms with van der Waals surface area (Å²) in [4.78, 5) is 26.8. The van der Waals surface area contributed by atoms with Crippen LogP contribution in [0.25, 0.3) is 0 Å². The van der Waals surface area contributed by atoms with Gasteiger partial charge in [0.15, 0.2) is 5.92 Å². The molecule has 1 aliphatic rings. The number of hydrogen-bond acceptors (Lipinski definition) is 4. The van der Waals surface area contributed by atoms with Crippen LogP contribution in [0.4, 0.5) is 0 Å². The van der Waals surface area contributed by atoms with Crippen molar-refractivity contribution >= 4 is 11.9 Å². The van der Waals surface area contributed by atoms with Crippen molar-refractivity contribution in [1.82, 2.24) is 10.2 Å². The Kier molecular flexibility index (Phi) is 8.82. The van der Waals surface area contributed by atoms with Gasteiger partial charge in [-0.1, -0.05) is 25.5 Å². The van der Waals surface area contributed by atoms with Gasteiger partial charge in [-0.2, -0.15) is 0 Å². The van der Waals surface area contributed by atoms with Gasteiger partial charge in [0.25, 0.3) is 0 Å². The summed E-state index contributed by atoms with van der Waals surface area (Å²) in [5.41, 5.74) is 0.921. The molecule has 1 amide bonds. The van der Waals surface area contributed by atoms with E-state index in [4.69, 9.17) is 4.74 Å². The number of nitrogens with one attached hydrogen (secondary N) is 1. The molecule has 0 aromatic carbocycles. The number of amides is 1. The molecule has 1 aliphatic carbocycles. The number of nitrogens with zero attached hydrogens (tertiary/aromatic N) is 1. The fraction of sp³-hybridized carbons (Fsp3) is 0.765. The van der Waals surface area contributed by atoms with E-state index in [0.29, 0.717) is 13.2 Å². The first-order valence-electron chi connectivity index (χ1n) is 8.49. The Morgan fingerprint density at radius 2 is 2.00 bits per heavy atom. The second-order valence-electron chi connectivity index (χ2n) is 5.53. The minimum atomic E-state index is -0.767. The van der Waals surface area contributed by atoms with Crippen LogP contribution in [0.5, 0.6) is 0 Å². The summed E-state index contributed by atoms with van der Waals surface area (Å²) in [5.74, 6) is -1.41. The van der Waals surface area contributed by atoms with Crippen LogP contribution in [0.3, 0.4) is 0 Å². The first-order chi connectivity index (χ1) is 10.6. The molecule has 0 heterocycles. The molecule has 126 valence electrons. The summed E-state index contributed by atoms with van der Waals surface area (Å²) < 4.78 is 5.10. The predicted octanol–water partition coefficient (Wildman–Crippen LogP) is 2.12. The summed E-state index contributed by atoms with van der Waals surface area (Å²) >= 11 is 0. The third-order valence-electron chi connectivity index (χ3n) is 4.10. The fourth-order valence-corrected chi connectivity index (χ4v) is 2.76. The van der Waals surface area contributed by atoms with E-state index in [1.54, 1.807) is 6.92 Å². The zero-order valence-electron chi connectivity index (χ0n) is 14.2. The number of esters is 1. The van der Waals surface area contributed by atoms with E-state index >= 15 is 0 Å². The third kappa shape index (κ3) is 5.79. The number of carbonyl (C=O) groups is 2. The number of allylic oxidation sites excluding steroid dienone is 1. The predicted molar refractivity (Wildman–Crippen MR) is 87.5 cm³/mol. The molecular formula is C17H30N2O3. The summed E-state index contributed by atoms with van der Waals surface area (Å²) in [7, 11) is 0. The van der Waals surface area contributed by atoms with Gasteiger partial charge in [0.1, 0.15) is 0 Å². The average molecular weight is 310 g/mol. The lowest BCUT2D eigenvalue weighted by Crippen LogP contribution is -2.41. The molecule has 1 unspecified atom stereocenters. The monoisotopic (exact) mass is 310 g/mol. The van der Waals surface area contributed by atoms with Crippen molar-refractivity contribution in [3.8, 4) is 0 Å². The van der Waals surface area contributed by atoms with Crippen LogP contribution in [-0.4, -0.2) is 49.6 Å². The lowest BCUT2D eigenvalue weighted by molar-refractivity contribution is -0.150. The van der Waals surface area contributed by atoms with Crippen LogP contribution >= 0.6 is 0 Å². The van der Waals surface area contributed by atoms with Crippen LogP contribution in [0, 0.1) is 5.92 Å². The molecule has 0 bridgehead atoms. The zero-order chi connectivity index (χ0) is 16.4. The van der Waals surface area contributed by atoms with E-state index < -0.39 is 11.9 Å². The van der Waals surface area contributed by atoms with Crippen molar-refractivity contribution in [2.75, 3.05) is 32.8 Å². The molecule has 1 N–H and O–H groups in total. The second-order valence-corrected chi connectivity index (χ2v) is 5.53. The molecule has 0 spiro atoms. The van der Waals surface area contributed by atoms with Crippen LogP contribution in [-0.2, 0) is 14.3 Å². The van der Waals surface area contributed by atoms with Crippen LogP contribution < -0.4 is 5.32 Å². The number of likely N-dealkylation sites (N-methyl/N-ethyl adjacent to an activating group) is 1. The van der Waals surface area contributed by atoms with E-state index in [0.717, 1.165) is 50.9 Å². The quantitative estimate of drug-likeness (QED) is 0.403. The number of rotatable bonds is 9. The zero-order valence-corrected chi connectivity index (χ0v) is 14.2. The molecule has 0 aromatic heterocycles. The lowest BCUT2D eigenvalue weighted by atomic mass is 9.88. The number of carbonyl (C=O) groups excluding carboxylic acids is 2. The highest BCUT2D eigenvalue weighted by Gasteiger charge is 2.31. The molecule has 5 nitrogen and oxygen atoms in total. The molecular weight excluding hydrogens is 280 g/mol.